The largest absolute Gasteiger partial charge is 0.345 e. The van der Waals surface area contributed by atoms with Gasteiger partial charge in [-0.2, -0.15) is 5.10 Å². The second kappa shape index (κ2) is 5.89. The SMILES string of the molecule is Cn1nc(C2CCN(C(=O)c3cccnc3)CC2)n(C2CC2)c1=O. The fourth-order valence-electron chi connectivity index (χ4n) is 3.47. The second-order valence-electron chi connectivity index (χ2n) is 6.67. The summed E-state index contributed by atoms with van der Waals surface area (Å²) < 4.78 is 3.32. The van der Waals surface area contributed by atoms with Crippen LogP contribution in [0.4, 0.5) is 0 Å². The number of aromatic nitrogens is 4. The number of nitrogens with zero attached hydrogens (tertiary/aromatic N) is 5. The van der Waals surface area contributed by atoms with E-state index in [9.17, 15) is 9.59 Å². The fourth-order valence-corrected chi connectivity index (χ4v) is 3.47. The van der Waals surface area contributed by atoms with Crippen LogP contribution in [0.3, 0.4) is 0 Å². The number of aryl methyl sites for hydroxylation is 1. The Bertz CT molecular complexity index is 798. The van der Waals surface area contributed by atoms with Gasteiger partial charge in [-0.1, -0.05) is 0 Å². The van der Waals surface area contributed by atoms with Gasteiger partial charge in [-0.05, 0) is 37.8 Å². The molecular weight excluding hydrogens is 306 g/mol. The second-order valence-corrected chi connectivity index (χ2v) is 6.67. The summed E-state index contributed by atoms with van der Waals surface area (Å²) in [7, 11) is 1.71. The van der Waals surface area contributed by atoms with Crippen LogP contribution in [-0.4, -0.2) is 43.2 Å². The Hall–Kier alpha value is -2.44. The van der Waals surface area contributed by atoms with E-state index in [1.807, 2.05) is 9.47 Å². The zero-order chi connectivity index (χ0) is 16.7. The molecule has 1 aliphatic carbocycles. The summed E-state index contributed by atoms with van der Waals surface area (Å²) in [5, 5.41) is 4.48. The Kier molecular flexibility index (Phi) is 3.70. The summed E-state index contributed by atoms with van der Waals surface area (Å²) in [5.74, 6) is 1.18. The van der Waals surface area contributed by atoms with Crippen molar-refractivity contribution < 1.29 is 4.79 Å². The first-order chi connectivity index (χ1) is 11.6. The van der Waals surface area contributed by atoms with Gasteiger partial charge in [0.2, 0.25) is 0 Å². The molecule has 4 rings (SSSR count). The summed E-state index contributed by atoms with van der Waals surface area (Å²) in [6.07, 6.45) is 7.09. The maximum atomic E-state index is 12.5. The smallest absolute Gasteiger partial charge is 0.339 e. The lowest BCUT2D eigenvalue weighted by atomic mass is 9.95. The molecule has 7 heteroatoms. The Morgan fingerprint density at radius 1 is 1.21 bits per heavy atom. The number of rotatable bonds is 3. The van der Waals surface area contributed by atoms with Crippen molar-refractivity contribution in [1.82, 2.24) is 24.2 Å². The molecule has 0 N–H and O–H groups in total. The van der Waals surface area contributed by atoms with E-state index in [0.29, 0.717) is 24.7 Å². The number of likely N-dealkylation sites (tertiary alicyclic amines) is 1. The molecule has 1 saturated heterocycles. The molecule has 1 saturated carbocycles. The number of carbonyl (C=O) groups excluding carboxylic acids is 1. The number of pyridine rings is 1. The molecule has 126 valence electrons. The zero-order valence-electron chi connectivity index (χ0n) is 13.8. The lowest BCUT2D eigenvalue weighted by Gasteiger charge is -2.31. The van der Waals surface area contributed by atoms with Crippen LogP contribution >= 0.6 is 0 Å². The van der Waals surface area contributed by atoms with Crippen molar-refractivity contribution >= 4 is 5.91 Å². The summed E-state index contributed by atoms with van der Waals surface area (Å²) in [6, 6.07) is 3.91. The highest BCUT2D eigenvalue weighted by Gasteiger charge is 2.34. The Balaban J connectivity index is 1.48. The van der Waals surface area contributed by atoms with Gasteiger partial charge in [-0.15, -0.1) is 0 Å². The molecule has 0 unspecified atom stereocenters. The third-order valence-electron chi connectivity index (χ3n) is 4.95. The minimum absolute atomic E-state index is 0.0126. The molecule has 2 aliphatic rings. The molecule has 3 heterocycles. The van der Waals surface area contributed by atoms with Crippen LogP contribution in [-0.2, 0) is 7.05 Å². The van der Waals surface area contributed by atoms with Crippen molar-refractivity contribution in [3.8, 4) is 0 Å². The molecule has 0 spiro atoms. The van der Waals surface area contributed by atoms with E-state index in [1.165, 1.54) is 4.68 Å². The Morgan fingerprint density at radius 2 is 1.96 bits per heavy atom. The Labute approximate surface area is 139 Å². The van der Waals surface area contributed by atoms with Gasteiger partial charge < -0.3 is 4.90 Å². The predicted molar refractivity (Wildman–Crippen MR) is 87.9 cm³/mol. The summed E-state index contributed by atoms with van der Waals surface area (Å²) in [4.78, 5) is 30.6. The molecule has 7 nitrogen and oxygen atoms in total. The molecule has 1 amide bonds. The number of amides is 1. The average molecular weight is 327 g/mol. The van der Waals surface area contributed by atoms with Gasteiger partial charge in [0, 0.05) is 44.5 Å². The van der Waals surface area contributed by atoms with E-state index in [4.69, 9.17) is 0 Å². The molecule has 2 aromatic heterocycles. The Morgan fingerprint density at radius 3 is 2.58 bits per heavy atom. The maximum Gasteiger partial charge on any atom is 0.345 e. The van der Waals surface area contributed by atoms with Crippen molar-refractivity contribution in [1.29, 1.82) is 0 Å². The summed E-state index contributed by atoms with van der Waals surface area (Å²) >= 11 is 0. The van der Waals surface area contributed by atoms with Crippen molar-refractivity contribution in [2.24, 2.45) is 7.05 Å². The monoisotopic (exact) mass is 327 g/mol. The number of hydrogen-bond donors (Lipinski definition) is 0. The van der Waals surface area contributed by atoms with Crippen LogP contribution in [0.1, 0.15) is 53.8 Å². The first-order valence-electron chi connectivity index (χ1n) is 8.50. The quantitative estimate of drug-likeness (QED) is 0.852. The molecule has 1 aliphatic heterocycles. The zero-order valence-corrected chi connectivity index (χ0v) is 13.8. The number of piperidine rings is 1. The van der Waals surface area contributed by atoms with Crippen LogP contribution in [0.2, 0.25) is 0 Å². The highest BCUT2D eigenvalue weighted by atomic mass is 16.2. The van der Waals surface area contributed by atoms with Crippen molar-refractivity contribution in [2.45, 2.75) is 37.6 Å². The van der Waals surface area contributed by atoms with Gasteiger partial charge in [-0.25, -0.2) is 9.48 Å². The van der Waals surface area contributed by atoms with Crippen LogP contribution in [0.15, 0.2) is 29.3 Å². The molecule has 0 aromatic carbocycles. The minimum Gasteiger partial charge on any atom is -0.339 e. The average Bonchev–Trinajstić information content (AvgIpc) is 3.41. The van der Waals surface area contributed by atoms with E-state index in [-0.39, 0.29) is 17.5 Å². The molecule has 24 heavy (non-hydrogen) atoms. The molecule has 0 atom stereocenters. The standard InChI is InChI=1S/C17H21N5O2/c1-20-17(24)22(14-4-5-14)15(19-20)12-6-9-21(10-7-12)16(23)13-3-2-8-18-11-13/h2-3,8,11-12,14H,4-7,9-10H2,1H3. The summed E-state index contributed by atoms with van der Waals surface area (Å²) in [5.41, 5.74) is 0.616. The molecular formula is C17H21N5O2. The highest BCUT2D eigenvalue weighted by molar-refractivity contribution is 5.93. The van der Waals surface area contributed by atoms with E-state index in [1.54, 1.807) is 31.6 Å². The van der Waals surface area contributed by atoms with Gasteiger partial charge in [0.25, 0.3) is 5.91 Å². The van der Waals surface area contributed by atoms with Gasteiger partial charge in [0.1, 0.15) is 5.82 Å². The fraction of sp³-hybridized carbons (Fsp3) is 0.529. The van der Waals surface area contributed by atoms with Crippen molar-refractivity contribution in [2.75, 3.05) is 13.1 Å². The van der Waals surface area contributed by atoms with Crippen LogP contribution in [0.25, 0.3) is 0 Å². The van der Waals surface area contributed by atoms with Gasteiger partial charge >= 0.3 is 5.69 Å². The predicted octanol–water partition coefficient (Wildman–Crippen LogP) is 1.33. The normalized spacial score (nSPS) is 18.8. The van der Waals surface area contributed by atoms with Gasteiger partial charge in [0.15, 0.2) is 0 Å². The lowest BCUT2D eigenvalue weighted by Crippen LogP contribution is -2.38. The summed E-state index contributed by atoms with van der Waals surface area (Å²) in [6.45, 7) is 1.38. The molecule has 0 radical (unpaired) electrons. The van der Waals surface area contributed by atoms with Gasteiger partial charge in [-0.3, -0.25) is 14.3 Å². The van der Waals surface area contributed by atoms with Crippen LogP contribution in [0.5, 0.6) is 0 Å². The number of hydrogen-bond acceptors (Lipinski definition) is 4. The number of carbonyl (C=O) groups is 1. The third-order valence-corrected chi connectivity index (χ3v) is 4.95. The van der Waals surface area contributed by atoms with E-state index in [0.717, 1.165) is 31.5 Å². The van der Waals surface area contributed by atoms with E-state index < -0.39 is 0 Å². The van der Waals surface area contributed by atoms with Crippen molar-refractivity contribution in [3.63, 3.8) is 0 Å². The first kappa shape index (κ1) is 15.1. The van der Waals surface area contributed by atoms with E-state index in [2.05, 4.69) is 10.1 Å². The van der Waals surface area contributed by atoms with Gasteiger partial charge in [0.05, 0.1) is 5.56 Å². The topological polar surface area (TPSA) is 73.0 Å². The third kappa shape index (κ3) is 2.64. The lowest BCUT2D eigenvalue weighted by molar-refractivity contribution is 0.0709. The van der Waals surface area contributed by atoms with Crippen LogP contribution < -0.4 is 5.69 Å². The molecule has 2 aromatic rings. The molecule has 0 bridgehead atoms. The molecule has 2 fully saturated rings. The maximum absolute atomic E-state index is 12.5. The minimum atomic E-state index is -0.0126. The van der Waals surface area contributed by atoms with E-state index >= 15 is 0 Å². The van der Waals surface area contributed by atoms with Crippen LogP contribution in [0, 0.1) is 0 Å². The highest BCUT2D eigenvalue weighted by Crippen LogP contribution is 2.37. The van der Waals surface area contributed by atoms with Crippen molar-refractivity contribution in [3.05, 3.63) is 46.4 Å². The first-order valence-corrected chi connectivity index (χ1v) is 8.50.